The molecule has 134 valence electrons. The van der Waals surface area contributed by atoms with Crippen molar-refractivity contribution in [2.45, 2.75) is 32.1 Å². The lowest BCUT2D eigenvalue weighted by molar-refractivity contribution is 0.373. The van der Waals surface area contributed by atoms with Gasteiger partial charge in [0.05, 0.1) is 19.2 Å². The van der Waals surface area contributed by atoms with Gasteiger partial charge in [0.1, 0.15) is 5.82 Å². The van der Waals surface area contributed by atoms with E-state index in [-0.39, 0.29) is 0 Å². The summed E-state index contributed by atoms with van der Waals surface area (Å²) in [6.07, 6.45) is 4.22. The van der Waals surface area contributed by atoms with Crippen LogP contribution in [0.15, 0.2) is 34.9 Å². The van der Waals surface area contributed by atoms with Crippen LogP contribution in [0.4, 0.5) is 5.82 Å². The lowest BCUT2D eigenvalue weighted by Crippen LogP contribution is -2.14. The molecule has 4 rings (SSSR count). The Balaban J connectivity index is 1.37. The smallest absolute Gasteiger partial charge is 0.227 e. The number of pyridine rings is 2. The van der Waals surface area contributed by atoms with Crippen molar-refractivity contribution in [2.75, 3.05) is 19.0 Å². The summed E-state index contributed by atoms with van der Waals surface area (Å²) in [4.78, 5) is 13.5. The zero-order chi connectivity index (χ0) is 17.8. The SMILES string of the molecule is COc1cccc(Cc2noc(CCc3ccc4c(n3)NCCC4)n2)n1. The van der Waals surface area contributed by atoms with Gasteiger partial charge >= 0.3 is 0 Å². The molecule has 0 amide bonds. The molecular weight excluding hydrogens is 330 g/mol. The first-order chi connectivity index (χ1) is 12.8. The lowest BCUT2D eigenvalue weighted by Gasteiger charge is -2.17. The van der Waals surface area contributed by atoms with Gasteiger partial charge in [-0.3, -0.25) is 0 Å². The van der Waals surface area contributed by atoms with Crippen LogP contribution in [0, 0.1) is 0 Å². The Morgan fingerprint density at radius 1 is 1.08 bits per heavy atom. The number of hydrogen-bond acceptors (Lipinski definition) is 7. The van der Waals surface area contributed by atoms with E-state index >= 15 is 0 Å². The van der Waals surface area contributed by atoms with E-state index in [4.69, 9.17) is 14.2 Å². The van der Waals surface area contributed by atoms with Crippen molar-refractivity contribution in [1.82, 2.24) is 20.1 Å². The first-order valence-electron chi connectivity index (χ1n) is 8.84. The highest BCUT2D eigenvalue weighted by Crippen LogP contribution is 2.20. The van der Waals surface area contributed by atoms with Crippen LogP contribution in [0.1, 0.15) is 35.1 Å². The predicted octanol–water partition coefficient (Wildman–Crippen LogP) is 2.60. The zero-order valence-corrected chi connectivity index (χ0v) is 14.7. The number of aryl methyl sites for hydroxylation is 3. The fraction of sp³-hybridized carbons (Fsp3) is 0.368. The highest BCUT2D eigenvalue weighted by atomic mass is 16.5. The second-order valence-corrected chi connectivity index (χ2v) is 6.29. The number of ether oxygens (including phenoxy) is 1. The van der Waals surface area contributed by atoms with Crippen LogP contribution in [0.2, 0.25) is 0 Å². The molecule has 7 heteroatoms. The van der Waals surface area contributed by atoms with Crippen LogP contribution in [-0.4, -0.2) is 33.8 Å². The summed E-state index contributed by atoms with van der Waals surface area (Å²) in [5, 5.41) is 7.41. The standard InChI is InChI=1S/C19H21N5O2/c1-25-17-6-2-5-15(21-17)12-16-23-18(26-24-16)10-9-14-8-7-13-4-3-11-20-19(13)22-14/h2,5-8H,3-4,9-12H2,1H3,(H,20,22). The zero-order valence-electron chi connectivity index (χ0n) is 14.7. The van der Waals surface area contributed by atoms with Crippen LogP contribution in [0.5, 0.6) is 5.88 Å². The van der Waals surface area contributed by atoms with Gasteiger partial charge in [-0.1, -0.05) is 17.3 Å². The molecule has 0 fully saturated rings. The number of rotatable bonds is 6. The maximum Gasteiger partial charge on any atom is 0.227 e. The number of aromatic nitrogens is 4. The van der Waals surface area contributed by atoms with Gasteiger partial charge < -0.3 is 14.6 Å². The van der Waals surface area contributed by atoms with E-state index in [0.29, 0.717) is 30.4 Å². The molecule has 1 N–H and O–H groups in total. The van der Waals surface area contributed by atoms with E-state index in [0.717, 1.165) is 36.6 Å². The van der Waals surface area contributed by atoms with Gasteiger partial charge in [0.15, 0.2) is 5.82 Å². The average Bonchev–Trinajstić information content (AvgIpc) is 3.13. The number of anilines is 1. The highest BCUT2D eigenvalue weighted by Gasteiger charge is 2.12. The molecule has 1 aliphatic heterocycles. The number of nitrogens with zero attached hydrogens (tertiary/aromatic N) is 4. The molecule has 0 radical (unpaired) electrons. The Bertz CT molecular complexity index is 893. The van der Waals surface area contributed by atoms with Crippen LogP contribution >= 0.6 is 0 Å². The van der Waals surface area contributed by atoms with Gasteiger partial charge in [-0.05, 0) is 37.0 Å². The number of methoxy groups -OCH3 is 1. The predicted molar refractivity (Wildman–Crippen MR) is 96.3 cm³/mol. The normalized spacial score (nSPS) is 13.1. The van der Waals surface area contributed by atoms with Crippen molar-refractivity contribution in [1.29, 1.82) is 0 Å². The van der Waals surface area contributed by atoms with Gasteiger partial charge in [0.25, 0.3) is 0 Å². The third kappa shape index (κ3) is 3.82. The molecular formula is C19H21N5O2. The second-order valence-electron chi connectivity index (χ2n) is 6.29. The number of fused-ring (bicyclic) bond motifs is 1. The Labute approximate surface area is 151 Å². The summed E-state index contributed by atoms with van der Waals surface area (Å²) in [6.45, 7) is 0.995. The quantitative estimate of drug-likeness (QED) is 0.730. The summed E-state index contributed by atoms with van der Waals surface area (Å²) < 4.78 is 10.5. The van der Waals surface area contributed by atoms with Gasteiger partial charge in [-0.15, -0.1) is 0 Å². The number of nitrogens with one attached hydrogen (secondary N) is 1. The lowest BCUT2D eigenvalue weighted by atomic mass is 10.1. The molecule has 0 aromatic carbocycles. The Kier molecular flexibility index (Phi) is 4.77. The molecule has 1 aliphatic rings. The molecule has 0 saturated carbocycles. The molecule has 26 heavy (non-hydrogen) atoms. The highest BCUT2D eigenvalue weighted by molar-refractivity contribution is 5.47. The van der Waals surface area contributed by atoms with E-state index in [9.17, 15) is 0 Å². The Morgan fingerprint density at radius 3 is 2.96 bits per heavy atom. The fourth-order valence-corrected chi connectivity index (χ4v) is 3.04. The second kappa shape index (κ2) is 7.51. The summed E-state index contributed by atoms with van der Waals surface area (Å²) in [7, 11) is 1.60. The monoisotopic (exact) mass is 351 g/mol. The first kappa shape index (κ1) is 16.5. The van der Waals surface area contributed by atoms with Crippen molar-refractivity contribution < 1.29 is 9.26 Å². The maximum atomic E-state index is 5.36. The summed E-state index contributed by atoms with van der Waals surface area (Å²) in [5.41, 5.74) is 3.18. The summed E-state index contributed by atoms with van der Waals surface area (Å²) >= 11 is 0. The van der Waals surface area contributed by atoms with Crippen molar-refractivity contribution in [2.24, 2.45) is 0 Å². The molecule has 0 bridgehead atoms. The van der Waals surface area contributed by atoms with Crippen molar-refractivity contribution in [3.8, 4) is 5.88 Å². The Morgan fingerprint density at radius 2 is 2.04 bits per heavy atom. The Hall–Kier alpha value is -2.96. The molecule has 0 spiro atoms. The summed E-state index contributed by atoms with van der Waals surface area (Å²) in [6, 6.07) is 9.88. The van der Waals surface area contributed by atoms with Crippen LogP contribution in [0.25, 0.3) is 0 Å². The molecule has 4 heterocycles. The van der Waals surface area contributed by atoms with Crippen molar-refractivity contribution in [3.05, 3.63) is 59.0 Å². The molecule has 0 aliphatic carbocycles. The van der Waals surface area contributed by atoms with E-state index < -0.39 is 0 Å². The molecule has 3 aromatic rings. The van der Waals surface area contributed by atoms with E-state index in [1.54, 1.807) is 7.11 Å². The van der Waals surface area contributed by atoms with E-state index in [2.05, 4.69) is 32.6 Å². The number of hydrogen-bond donors (Lipinski definition) is 1. The maximum absolute atomic E-state index is 5.36. The third-order valence-electron chi connectivity index (χ3n) is 4.39. The molecule has 0 saturated heterocycles. The minimum atomic E-state index is 0.516. The van der Waals surface area contributed by atoms with Crippen molar-refractivity contribution >= 4 is 5.82 Å². The van der Waals surface area contributed by atoms with Crippen molar-refractivity contribution in [3.63, 3.8) is 0 Å². The minimum absolute atomic E-state index is 0.516. The van der Waals surface area contributed by atoms with Gasteiger partial charge in [-0.25, -0.2) is 9.97 Å². The molecule has 3 aromatic heterocycles. The van der Waals surface area contributed by atoms with Gasteiger partial charge in [0, 0.05) is 24.7 Å². The van der Waals surface area contributed by atoms with Gasteiger partial charge in [0.2, 0.25) is 11.8 Å². The topological polar surface area (TPSA) is 86.0 Å². The molecule has 7 nitrogen and oxygen atoms in total. The third-order valence-corrected chi connectivity index (χ3v) is 4.39. The summed E-state index contributed by atoms with van der Waals surface area (Å²) in [5.74, 6) is 2.85. The first-order valence-corrected chi connectivity index (χ1v) is 8.84. The van der Waals surface area contributed by atoms with E-state index in [1.807, 2.05) is 18.2 Å². The van der Waals surface area contributed by atoms with Crippen LogP contribution in [-0.2, 0) is 25.7 Å². The fourth-order valence-electron chi connectivity index (χ4n) is 3.04. The van der Waals surface area contributed by atoms with Crippen LogP contribution < -0.4 is 10.1 Å². The van der Waals surface area contributed by atoms with Gasteiger partial charge in [-0.2, -0.15) is 4.98 Å². The molecule has 0 unspecified atom stereocenters. The average molecular weight is 351 g/mol. The molecule has 0 atom stereocenters. The minimum Gasteiger partial charge on any atom is -0.481 e. The van der Waals surface area contributed by atoms with Crippen LogP contribution in [0.3, 0.4) is 0 Å². The largest absolute Gasteiger partial charge is 0.481 e. The van der Waals surface area contributed by atoms with E-state index in [1.165, 1.54) is 12.0 Å².